The topological polar surface area (TPSA) is 9.23 Å². The van der Waals surface area contributed by atoms with E-state index in [2.05, 4.69) is 43.9 Å². The van der Waals surface area contributed by atoms with Gasteiger partial charge in [-0.25, -0.2) is 0 Å². The summed E-state index contributed by atoms with van der Waals surface area (Å²) in [4.78, 5) is 0. The molecule has 0 saturated carbocycles. The average molecular weight is 301 g/mol. The van der Waals surface area contributed by atoms with Gasteiger partial charge < -0.3 is 4.74 Å². The normalized spacial score (nSPS) is 10.5. The first kappa shape index (κ1) is 15.7. The smallest absolute Gasteiger partial charge is 0.135 e. The second-order valence-corrected chi connectivity index (χ2v) is 5.33. The maximum atomic E-state index is 6.15. The Morgan fingerprint density at radius 1 is 1.10 bits per heavy atom. The molecule has 0 unspecified atom stereocenters. The molecule has 0 fully saturated rings. The molecule has 0 aliphatic heterocycles. The summed E-state index contributed by atoms with van der Waals surface area (Å²) in [6, 6.07) is 12.4. The van der Waals surface area contributed by atoms with Crippen molar-refractivity contribution in [2.75, 3.05) is 5.88 Å². The average Bonchev–Trinajstić information content (AvgIpc) is 2.54. The summed E-state index contributed by atoms with van der Waals surface area (Å²) in [6.45, 7) is 4.29. The molecule has 2 heteroatoms. The molecule has 2 rings (SSSR count). The summed E-state index contributed by atoms with van der Waals surface area (Å²) in [5.41, 5.74) is 0.977. The Balaban J connectivity index is 2.48. The second kappa shape index (κ2) is 7.96. The lowest BCUT2D eigenvalue weighted by atomic mass is 10.0. The Morgan fingerprint density at radius 3 is 2.57 bits per heavy atom. The fourth-order valence-corrected chi connectivity index (χ4v) is 2.41. The highest BCUT2D eigenvalue weighted by molar-refractivity contribution is 6.18. The molecule has 2 aromatic carbocycles. The molecule has 0 saturated heterocycles. The Kier molecular flexibility index (Phi) is 5.96. The van der Waals surface area contributed by atoms with Crippen LogP contribution >= 0.6 is 11.6 Å². The highest BCUT2D eigenvalue weighted by Crippen LogP contribution is 2.28. The lowest BCUT2D eigenvalue weighted by Gasteiger charge is -2.18. The highest BCUT2D eigenvalue weighted by Gasteiger charge is 2.11. The van der Waals surface area contributed by atoms with Gasteiger partial charge in [0, 0.05) is 17.7 Å². The lowest BCUT2D eigenvalue weighted by molar-refractivity contribution is 0.192. The molecular weight excluding hydrogens is 280 g/mol. The molecule has 2 aromatic rings. The molecule has 0 atom stereocenters. The van der Waals surface area contributed by atoms with E-state index in [4.69, 9.17) is 16.3 Å². The van der Waals surface area contributed by atoms with Gasteiger partial charge in [0.2, 0.25) is 0 Å². The van der Waals surface area contributed by atoms with Gasteiger partial charge in [-0.05, 0) is 24.3 Å². The van der Waals surface area contributed by atoms with Crippen molar-refractivity contribution in [1.82, 2.24) is 0 Å². The molecular formula is C19H21ClO. The first-order valence-electron chi connectivity index (χ1n) is 7.53. The van der Waals surface area contributed by atoms with E-state index in [1.165, 1.54) is 5.39 Å². The van der Waals surface area contributed by atoms with Crippen LogP contribution in [0, 0.1) is 11.8 Å². The number of hydrogen-bond acceptors (Lipinski definition) is 1. The van der Waals surface area contributed by atoms with Crippen molar-refractivity contribution in [3.05, 3.63) is 42.0 Å². The molecule has 0 aromatic heterocycles. The van der Waals surface area contributed by atoms with Crippen LogP contribution in [0.15, 0.2) is 36.4 Å². The van der Waals surface area contributed by atoms with Gasteiger partial charge in [-0.2, -0.15) is 0 Å². The second-order valence-electron chi connectivity index (χ2n) is 4.96. The molecule has 0 amide bonds. The first-order chi connectivity index (χ1) is 10.3. The predicted molar refractivity (Wildman–Crippen MR) is 91.2 cm³/mol. The van der Waals surface area contributed by atoms with Crippen LogP contribution in [0.2, 0.25) is 0 Å². The minimum Gasteiger partial charge on any atom is -0.489 e. The standard InChI is InChI=1S/C19H21ClO/c1-3-16(4-2)21-19-13-12-15-9-5-6-10-17(15)18(19)11-7-8-14-20/h5-6,9-10,12-13,16H,3-4,8,14H2,1-2H3. The summed E-state index contributed by atoms with van der Waals surface area (Å²) in [7, 11) is 0. The quantitative estimate of drug-likeness (QED) is 0.531. The molecule has 21 heavy (non-hydrogen) atoms. The Hall–Kier alpha value is -1.65. The van der Waals surface area contributed by atoms with Crippen LogP contribution in [0.4, 0.5) is 0 Å². The van der Waals surface area contributed by atoms with E-state index in [9.17, 15) is 0 Å². The van der Waals surface area contributed by atoms with Crippen LogP contribution in [0.25, 0.3) is 10.8 Å². The first-order valence-corrected chi connectivity index (χ1v) is 8.06. The van der Waals surface area contributed by atoms with Crippen molar-refractivity contribution in [2.45, 2.75) is 39.2 Å². The number of ether oxygens (including phenoxy) is 1. The van der Waals surface area contributed by atoms with Crippen LogP contribution in [-0.2, 0) is 0 Å². The van der Waals surface area contributed by atoms with Crippen LogP contribution in [0.5, 0.6) is 5.75 Å². The van der Waals surface area contributed by atoms with Crippen LogP contribution in [-0.4, -0.2) is 12.0 Å². The summed E-state index contributed by atoms with van der Waals surface area (Å²) < 4.78 is 6.15. The van der Waals surface area contributed by atoms with Crippen molar-refractivity contribution in [3.8, 4) is 17.6 Å². The minimum absolute atomic E-state index is 0.236. The zero-order chi connectivity index (χ0) is 15.1. The van der Waals surface area contributed by atoms with Gasteiger partial charge in [-0.3, -0.25) is 0 Å². The molecule has 1 nitrogen and oxygen atoms in total. The summed E-state index contributed by atoms with van der Waals surface area (Å²) >= 11 is 5.72. The van der Waals surface area contributed by atoms with Crippen molar-refractivity contribution in [3.63, 3.8) is 0 Å². The maximum Gasteiger partial charge on any atom is 0.135 e. The molecule has 0 aliphatic rings. The number of rotatable bonds is 5. The molecule has 0 bridgehead atoms. The van der Waals surface area contributed by atoms with E-state index in [0.717, 1.165) is 29.5 Å². The van der Waals surface area contributed by atoms with Crippen LogP contribution < -0.4 is 4.74 Å². The zero-order valence-corrected chi connectivity index (χ0v) is 13.4. The van der Waals surface area contributed by atoms with E-state index in [-0.39, 0.29) is 6.10 Å². The monoisotopic (exact) mass is 300 g/mol. The summed E-state index contributed by atoms with van der Waals surface area (Å²) in [6.07, 6.45) is 2.92. The fourth-order valence-electron chi connectivity index (χ4n) is 2.31. The molecule has 110 valence electrons. The molecule has 0 aliphatic carbocycles. The minimum atomic E-state index is 0.236. The van der Waals surface area contributed by atoms with Crippen LogP contribution in [0.1, 0.15) is 38.7 Å². The number of halogens is 1. The Labute approximate surface area is 132 Å². The van der Waals surface area contributed by atoms with E-state index in [1.54, 1.807) is 0 Å². The summed E-state index contributed by atoms with van der Waals surface area (Å²) in [5, 5.41) is 2.33. The number of fused-ring (bicyclic) bond motifs is 1. The predicted octanol–water partition coefficient (Wildman–Crippen LogP) is 5.39. The van der Waals surface area contributed by atoms with E-state index < -0.39 is 0 Å². The molecule has 0 radical (unpaired) electrons. The largest absolute Gasteiger partial charge is 0.489 e. The van der Waals surface area contributed by atoms with E-state index >= 15 is 0 Å². The Bertz CT molecular complexity index is 647. The molecule has 0 N–H and O–H groups in total. The fraction of sp³-hybridized carbons (Fsp3) is 0.368. The van der Waals surface area contributed by atoms with Gasteiger partial charge >= 0.3 is 0 Å². The number of alkyl halides is 1. The van der Waals surface area contributed by atoms with Crippen molar-refractivity contribution >= 4 is 22.4 Å². The third-order valence-electron chi connectivity index (χ3n) is 3.53. The van der Waals surface area contributed by atoms with Gasteiger partial charge in [0.1, 0.15) is 5.75 Å². The Morgan fingerprint density at radius 2 is 1.86 bits per heavy atom. The van der Waals surface area contributed by atoms with Gasteiger partial charge in [-0.15, -0.1) is 11.6 Å². The summed E-state index contributed by atoms with van der Waals surface area (Å²) in [5.74, 6) is 7.82. The molecule has 0 spiro atoms. The van der Waals surface area contributed by atoms with Gasteiger partial charge in [0.05, 0.1) is 11.7 Å². The highest BCUT2D eigenvalue weighted by atomic mass is 35.5. The van der Waals surface area contributed by atoms with Crippen molar-refractivity contribution in [2.24, 2.45) is 0 Å². The van der Waals surface area contributed by atoms with Crippen LogP contribution in [0.3, 0.4) is 0 Å². The third kappa shape index (κ3) is 3.93. The number of hydrogen-bond donors (Lipinski definition) is 0. The van der Waals surface area contributed by atoms with Gasteiger partial charge in [0.15, 0.2) is 0 Å². The van der Waals surface area contributed by atoms with Crippen molar-refractivity contribution in [1.29, 1.82) is 0 Å². The molecule has 0 heterocycles. The van der Waals surface area contributed by atoms with Gasteiger partial charge in [0.25, 0.3) is 0 Å². The van der Waals surface area contributed by atoms with Gasteiger partial charge in [-0.1, -0.05) is 56.0 Å². The lowest BCUT2D eigenvalue weighted by Crippen LogP contribution is -2.14. The van der Waals surface area contributed by atoms with E-state index in [1.807, 2.05) is 18.2 Å². The van der Waals surface area contributed by atoms with Crippen molar-refractivity contribution < 1.29 is 4.74 Å². The third-order valence-corrected chi connectivity index (χ3v) is 3.72. The maximum absolute atomic E-state index is 6.15. The van der Waals surface area contributed by atoms with E-state index in [0.29, 0.717) is 12.3 Å². The number of benzene rings is 2. The zero-order valence-electron chi connectivity index (χ0n) is 12.7. The SMILES string of the molecule is CCC(CC)Oc1ccc2ccccc2c1C#CCCCl.